The van der Waals surface area contributed by atoms with Crippen LogP contribution in [0.4, 0.5) is 5.69 Å². The summed E-state index contributed by atoms with van der Waals surface area (Å²) in [6.07, 6.45) is 1.45. The highest BCUT2D eigenvalue weighted by atomic mass is 127. The molecule has 0 aromatic heterocycles. The molecule has 1 heterocycles. The van der Waals surface area contributed by atoms with Crippen LogP contribution in [0.25, 0.3) is 6.08 Å². The van der Waals surface area contributed by atoms with E-state index in [2.05, 4.69) is 27.9 Å². The van der Waals surface area contributed by atoms with Gasteiger partial charge in [-0.15, -0.1) is 0 Å². The third kappa shape index (κ3) is 5.47. The minimum Gasteiger partial charge on any atom is -0.493 e. The summed E-state index contributed by atoms with van der Waals surface area (Å²) >= 11 is 26.0. The van der Waals surface area contributed by atoms with Crippen molar-refractivity contribution < 1.29 is 19.1 Å². The second kappa shape index (κ2) is 11.4. The number of benzene rings is 3. The van der Waals surface area contributed by atoms with Gasteiger partial charge < -0.3 is 9.47 Å². The SMILES string of the molecule is COc1cc(/C=C2\C(=O)NC(=S)N(c3cccc(Cl)c3Cl)C2=O)cc(I)c1OCc1ccccc1Cl. The lowest BCUT2D eigenvalue weighted by Gasteiger charge is -2.29. The van der Waals surface area contributed by atoms with Crippen molar-refractivity contribution in [3.63, 3.8) is 0 Å². The third-order valence-electron chi connectivity index (χ3n) is 5.17. The van der Waals surface area contributed by atoms with E-state index in [9.17, 15) is 9.59 Å². The molecule has 4 rings (SSSR count). The third-order valence-corrected chi connectivity index (χ3v) is 7.43. The van der Waals surface area contributed by atoms with Crippen LogP contribution in [-0.2, 0) is 16.2 Å². The molecule has 0 saturated carbocycles. The predicted octanol–water partition coefficient (Wildman–Crippen LogP) is 6.67. The maximum absolute atomic E-state index is 13.3. The van der Waals surface area contributed by atoms with Crippen molar-refractivity contribution >= 4 is 98.3 Å². The van der Waals surface area contributed by atoms with E-state index in [-0.39, 0.29) is 33.0 Å². The molecule has 1 aliphatic rings. The normalized spacial score (nSPS) is 14.8. The average molecular weight is 674 g/mol. The van der Waals surface area contributed by atoms with Crippen LogP contribution in [-0.4, -0.2) is 24.0 Å². The van der Waals surface area contributed by atoms with Crippen LogP contribution in [0.15, 0.2) is 60.2 Å². The molecule has 3 aromatic rings. The fraction of sp³-hybridized carbons (Fsp3) is 0.0800. The zero-order valence-electron chi connectivity index (χ0n) is 18.5. The Hall–Kier alpha value is -2.37. The van der Waals surface area contributed by atoms with Crippen LogP contribution in [0.3, 0.4) is 0 Å². The molecule has 0 spiro atoms. The first kappa shape index (κ1) is 26.7. The summed E-state index contributed by atoms with van der Waals surface area (Å²) in [5.41, 5.74) is 1.50. The van der Waals surface area contributed by atoms with Crippen molar-refractivity contribution in [2.45, 2.75) is 6.61 Å². The number of carbonyl (C=O) groups excluding carboxylic acids is 2. The fourth-order valence-electron chi connectivity index (χ4n) is 3.44. The van der Waals surface area contributed by atoms with Gasteiger partial charge in [-0.1, -0.05) is 59.1 Å². The van der Waals surface area contributed by atoms with Crippen molar-refractivity contribution in [1.82, 2.24) is 5.32 Å². The molecule has 0 unspecified atom stereocenters. The zero-order chi connectivity index (χ0) is 26.0. The molecule has 0 radical (unpaired) electrons. The largest absolute Gasteiger partial charge is 0.493 e. The number of rotatable bonds is 6. The summed E-state index contributed by atoms with van der Waals surface area (Å²) in [6.45, 7) is 0.236. The van der Waals surface area contributed by atoms with Gasteiger partial charge in [-0.3, -0.25) is 19.8 Å². The molecule has 2 amide bonds. The van der Waals surface area contributed by atoms with Gasteiger partial charge in [-0.25, -0.2) is 0 Å². The van der Waals surface area contributed by atoms with Crippen molar-refractivity contribution in [2.75, 3.05) is 12.0 Å². The van der Waals surface area contributed by atoms with Gasteiger partial charge in [0.2, 0.25) is 0 Å². The molecular formula is C25H16Cl3IN2O4S. The lowest BCUT2D eigenvalue weighted by molar-refractivity contribution is -0.122. The molecule has 11 heteroatoms. The Morgan fingerprint density at radius 1 is 1.06 bits per heavy atom. The van der Waals surface area contributed by atoms with Crippen molar-refractivity contribution in [2.24, 2.45) is 0 Å². The van der Waals surface area contributed by atoms with E-state index >= 15 is 0 Å². The number of hydrogen-bond acceptors (Lipinski definition) is 5. The van der Waals surface area contributed by atoms with Crippen LogP contribution in [0.2, 0.25) is 15.1 Å². The van der Waals surface area contributed by atoms with Gasteiger partial charge in [0.1, 0.15) is 12.2 Å². The monoisotopic (exact) mass is 672 g/mol. The molecule has 0 atom stereocenters. The number of hydrogen-bond donors (Lipinski definition) is 1. The van der Waals surface area contributed by atoms with Crippen molar-refractivity contribution in [3.8, 4) is 11.5 Å². The summed E-state index contributed by atoms with van der Waals surface area (Å²) in [7, 11) is 1.50. The van der Waals surface area contributed by atoms with Gasteiger partial charge in [0.25, 0.3) is 11.8 Å². The number of anilines is 1. The smallest absolute Gasteiger partial charge is 0.270 e. The summed E-state index contributed by atoms with van der Waals surface area (Å²) in [5.74, 6) is -0.337. The molecule has 1 N–H and O–H groups in total. The fourth-order valence-corrected chi connectivity index (χ4v) is 5.06. The maximum Gasteiger partial charge on any atom is 0.270 e. The van der Waals surface area contributed by atoms with Gasteiger partial charge in [0, 0.05) is 10.6 Å². The van der Waals surface area contributed by atoms with E-state index < -0.39 is 11.8 Å². The molecule has 36 heavy (non-hydrogen) atoms. The Kier molecular flexibility index (Phi) is 8.41. The molecule has 184 valence electrons. The summed E-state index contributed by atoms with van der Waals surface area (Å²) in [6, 6.07) is 15.6. The van der Waals surface area contributed by atoms with E-state index in [0.717, 1.165) is 10.5 Å². The number of methoxy groups -OCH3 is 1. The predicted molar refractivity (Wildman–Crippen MR) is 154 cm³/mol. The highest BCUT2D eigenvalue weighted by Gasteiger charge is 2.35. The Bertz CT molecular complexity index is 1430. The molecule has 1 aliphatic heterocycles. The summed E-state index contributed by atoms with van der Waals surface area (Å²) < 4.78 is 12.2. The van der Waals surface area contributed by atoms with Crippen LogP contribution < -0.4 is 19.7 Å². The molecule has 3 aromatic carbocycles. The quantitative estimate of drug-likeness (QED) is 0.137. The first-order valence-electron chi connectivity index (χ1n) is 10.3. The number of carbonyl (C=O) groups is 2. The van der Waals surface area contributed by atoms with Gasteiger partial charge in [0.05, 0.1) is 26.4 Å². The van der Waals surface area contributed by atoms with Crippen molar-refractivity contribution in [1.29, 1.82) is 0 Å². The number of thiocarbonyl (C=S) groups is 1. The Morgan fingerprint density at radius 3 is 2.50 bits per heavy atom. The summed E-state index contributed by atoms with van der Waals surface area (Å²) in [5, 5.41) is 3.42. The Balaban J connectivity index is 1.67. The van der Waals surface area contributed by atoms with Crippen LogP contribution in [0.1, 0.15) is 11.1 Å². The van der Waals surface area contributed by atoms with Crippen LogP contribution >= 0.6 is 69.6 Å². The number of amides is 2. The van der Waals surface area contributed by atoms with E-state index in [1.807, 2.05) is 18.2 Å². The molecular weight excluding hydrogens is 658 g/mol. The minimum absolute atomic E-state index is 0.0956. The zero-order valence-corrected chi connectivity index (χ0v) is 23.7. The molecule has 0 bridgehead atoms. The van der Waals surface area contributed by atoms with Gasteiger partial charge in [-0.05, 0) is 76.8 Å². The lowest BCUT2D eigenvalue weighted by Crippen LogP contribution is -2.54. The Labute approximate surface area is 241 Å². The highest BCUT2D eigenvalue weighted by molar-refractivity contribution is 14.1. The number of nitrogens with one attached hydrogen (secondary N) is 1. The van der Waals surface area contributed by atoms with Crippen molar-refractivity contribution in [3.05, 3.63) is 89.9 Å². The summed E-state index contributed by atoms with van der Waals surface area (Å²) in [4.78, 5) is 27.2. The first-order valence-corrected chi connectivity index (χ1v) is 12.9. The van der Waals surface area contributed by atoms with E-state index in [1.165, 1.54) is 13.2 Å². The molecule has 1 saturated heterocycles. The van der Waals surface area contributed by atoms with Gasteiger partial charge >= 0.3 is 0 Å². The van der Waals surface area contributed by atoms with E-state index in [4.69, 9.17) is 56.5 Å². The van der Waals surface area contributed by atoms with E-state index in [1.54, 1.807) is 36.4 Å². The second-order valence-corrected chi connectivity index (χ2v) is 10.2. The molecule has 1 fully saturated rings. The number of nitrogens with zero attached hydrogens (tertiary/aromatic N) is 1. The minimum atomic E-state index is -0.638. The molecule has 0 aliphatic carbocycles. The van der Waals surface area contributed by atoms with Gasteiger partial charge in [-0.2, -0.15) is 0 Å². The average Bonchev–Trinajstić information content (AvgIpc) is 2.84. The topological polar surface area (TPSA) is 67.9 Å². The van der Waals surface area contributed by atoms with E-state index in [0.29, 0.717) is 25.7 Å². The number of halogens is 4. The number of ether oxygens (including phenoxy) is 2. The Morgan fingerprint density at radius 2 is 1.78 bits per heavy atom. The molecule has 6 nitrogen and oxygen atoms in total. The standard InChI is InChI=1S/C25H16Cl3IN2O4S/c1-34-20-11-13(10-18(29)22(20)35-12-14-5-2-3-6-16(14)26)9-15-23(32)30-25(36)31(24(15)33)19-8-4-7-17(27)21(19)28/h2-11H,12H2,1H3,(H,30,32,36)/b15-9+. The van der Waals surface area contributed by atoms with Gasteiger partial charge in [0.15, 0.2) is 16.6 Å². The second-order valence-electron chi connectivity index (χ2n) is 7.44. The first-order chi connectivity index (χ1) is 17.2. The lowest BCUT2D eigenvalue weighted by atomic mass is 10.1. The van der Waals surface area contributed by atoms with Crippen LogP contribution in [0, 0.1) is 3.57 Å². The highest BCUT2D eigenvalue weighted by Crippen LogP contribution is 2.37. The maximum atomic E-state index is 13.3. The van der Waals surface area contributed by atoms with Crippen LogP contribution in [0.5, 0.6) is 11.5 Å².